The van der Waals surface area contributed by atoms with Crippen LogP contribution in [0.25, 0.3) is 0 Å². The van der Waals surface area contributed by atoms with Crippen LogP contribution in [0.3, 0.4) is 0 Å². The molecule has 1 N–H and O–H groups in total. The lowest BCUT2D eigenvalue weighted by Crippen LogP contribution is -2.27. The first-order chi connectivity index (χ1) is 14.8. The number of nitrogens with one attached hydrogen (secondary N) is 1. The zero-order valence-corrected chi connectivity index (χ0v) is 18.7. The maximum absolute atomic E-state index is 13.0. The summed E-state index contributed by atoms with van der Waals surface area (Å²) in [5, 5.41) is 3.16. The van der Waals surface area contributed by atoms with E-state index in [4.69, 9.17) is 21.1 Å². The summed E-state index contributed by atoms with van der Waals surface area (Å²) in [5.41, 5.74) is 1.09. The third kappa shape index (κ3) is 4.76. The Morgan fingerprint density at radius 2 is 1.58 bits per heavy atom. The van der Waals surface area contributed by atoms with E-state index >= 15 is 0 Å². The molecule has 0 saturated heterocycles. The van der Waals surface area contributed by atoms with Crippen molar-refractivity contribution in [1.82, 2.24) is 0 Å². The van der Waals surface area contributed by atoms with Crippen LogP contribution in [0, 0.1) is 0 Å². The SMILES string of the molecule is COc1ccc(Cl)cc1NC(=O)c1ccc(S(=O)(=O)N(C)c2ccccc2OC)cc1. The van der Waals surface area contributed by atoms with E-state index in [9.17, 15) is 13.2 Å². The van der Waals surface area contributed by atoms with Gasteiger partial charge in [-0.05, 0) is 54.6 Å². The monoisotopic (exact) mass is 460 g/mol. The van der Waals surface area contributed by atoms with Crippen molar-refractivity contribution < 1.29 is 22.7 Å². The van der Waals surface area contributed by atoms with Crippen molar-refractivity contribution in [2.45, 2.75) is 4.90 Å². The van der Waals surface area contributed by atoms with Crippen LogP contribution in [0.5, 0.6) is 11.5 Å². The fourth-order valence-electron chi connectivity index (χ4n) is 2.93. The van der Waals surface area contributed by atoms with Gasteiger partial charge in [0.1, 0.15) is 11.5 Å². The van der Waals surface area contributed by atoms with Crippen LogP contribution >= 0.6 is 11.6 Å². The maximum atomic E-state index is 13.0. The molecule has 0 radical (unpaired) electrons. The summed E-state index contributed by atoms with van der Waals surface area (Å²) in [7, 11) is 0.542. The van der Waals surface area contributed by atoms with E-state index in [1.54, 1.807) is 42.5 Å². The van der Waals surface area contributed by atoms with Gasteiger partial charge in [-0.25, -0.2) is 8.42 Å². The number of anilines is 2. The van der Waals surface area contributed by atoms with E-state index in [0.717, 1.165) is 4.31 Å². The van der Waals surface area contributed by atoms with E-state index in [1.807, 2.05) is 0 Å². The number of amides is 1. The van der Waals surface area contributed by atoms with Crippen molar-refractivity contribution in [3.05, 3.63) is 77.3 Å². The Bertz CT molecular complexity index is 1200. The van der Waals surface area contributed by atoms with Crippen molar-refractivity contribution in [2.75, 3.05) is 30.9 Å². The summed E-state index contributed by atoms with van der Waals surface area (Å²) in [4.78, 5) is 12.6. The molecule has 3 rings (SSSR count). The van der Waals surface area contributed by atoms with Crippen LogP contribution in [0.2, 0.25) is 5.02 Å². The number of carbonyl (C=O) groups is 1. The van der Waals surface area contributed by atoms with Gasteiger partial charge in [0, 0.05) is 17.6 Å². The minimum atomic E-state index is -3.86. The van der Waals surface area contributed by atoms with Gasteiger partial charge in [-0.3, -0.25) is 9.10 Å². The molecule has 7 nitrogen and oxygen atoms in total. The highest BCUT2D eigenvalue weighted by Crippen LogP contribution is 2.31. The topological polar surface area (TPSA) is 84.9 Å². The molecule has 0 heterocycles. The molecule has 0 aliphatic carbocycles. The standard InChI is InChI=1S/C22H21ClN2O5S/c1-25(19-6-4-5-7-21(19)30-3)31(27,28)17-11-8-15(9-12-17)22(26)24-18-14-16(23)10-13-20(18)29-2/h4-14H,1-3H3,(H,24,26). The van der Waals surface area contributed by atoms with E-state index in [2.05, 4.69) is 5.32 Å². The molecule has 0 unspecified atom stereocenters. The van der Waals surface area contributed by atoms with Gasteiger partial charge in [-0.2, -0.15) is 0 Å². The van der Waals surface area contributed by atoms with E-state index in [0.29, 0.717) is 27.9 Å². The maximum Gasteiger partial charge on any atom is 0.264 e. The molecule has 0 aliphatic heterocycles. The summed E-state index contributed by atoms with van der Waals surface area (Å²) in [5.74, 6) is 0.457. The lowest BCUT2D eigenvalue weighted by Gasteiger charge is -2.21. The molecule has 0 atom stereocenters. The van der Waals surface area contributed by atoms with Crippen molar-refractivity contribution in [3.63, 3.8) is 0 Å². The lowest BCUT2D eigenvalue weighted by molar-refractivity contribution is 0.102. The molecule has 0 bridgehead atoms. The van der Waals surface area contributed by atoms with Crippen molar-refractivity contribution in [1.29, 1.82) is 0 Å². The molecule has 31 heavy (non-hydrogen) atoms. The highest BCUT2D eigenvalue weighted by molar-refractivity contribution is 7.92. The molecule has 9 heteroatoms. The quantitative estimate of drug-likeness (QED) is 0.563. The second kappa shape index (κ2) is 9.28. The molecular weight excluding hydrogens is 440 g/mol. The number of halogens is 1. The highest BCUT2D eigenvalue weighted by Gasteiger charge is 2.24. The predicted octanol–water partition coefficient (Wildman–Crippen LogP) is 4.43. The van der Waals surface area contributed by atoms with Gasteiger partial charge in [0.15, 0.2) is 0 Å². The fraction of sp³-hybridized carbons (Fsp3) is 0.136. The van der Waals surface area contributed by atoms with Crippen molar-refractivity contribution in [2.24, 2.45) is 0 Å². The van der Waals surface area contributed by atoms with E-state index < -0.39 is 15.9 Å². The largest absolute Gasteiger partial charge is 0.495 e. The Morgan fingerprint density at radius 3 is 2.23 bits per heavy atom. The fourth-order valence-corrected chi connectivity index (χ4v) is 4.31. The van der Waals surface area contributed by atoms with Gasteiger partial charge >= 0.3 is 0 Å². The number of carbonyl (C=O) groups excluding carboxylic acids is 1. The third-order valence-electron chi connectivity index (χ3n) is 4.61. The van der Waals surface area contributed by atoms with Crippen LogP contribution in [0.4, 0.5) is 11.4 Å². The van der Waals surface area contributed by atoms with Gasteiger partial charge in [0.05, 0.1) is 30.5 Å². The predicted molar refractivity (Wildman–Crippen MR) is 121 cm³/mol. The number of hydrogen-bond acceptors (Lipinski definition) is 5. The Balaban J connectivity index is 1.84. The Morgan fingerprint density at radius 1 is 0.935 bits per heavy atom. The number of para-hydroxylation sites is 2. The van der Waals surface area contributed by atoms with Crippen molar-refractivity contribution >= 4 is 38.9 Å². The van der Waals surface area contributed by atoms with E-state index in [1.165, 1.54) is 45.5 Å². The molecular formula is C22H21ClN2O5S. The normalized spacial score (nSPS) is 11.0. The Kier molecular flexibility index (Phi) is 6.72. The number of hydrogen-bond donors (Lipinski definition) is 1. The van der Waals surface area contributed by atoms with Crippen LogP contribution in [0.1, 0.15) is 10.4 Å². The van der Waals surface area contributed by atoms with Crippen LogP contribution < -0.4 is 19.1 Å². The minimum Gasteiger partial charge on any atom is -0.495 e. The number of methoxy groups -OCH3 is 2. The Labute approximate surface area is 186 Å². The first kappa shape index (κ1) is 22.5. The summed E-state index contributed by atoms with van der Waals surface area (Å²) in [6, 6.07) is 17.3. The second-order valence-electron chi connectivity index (χ2n) is 6.47. The summed E-state index contributed by atoms with van der Waals surface area (Å²) in [6.45, 7) is 0. The Hall–Kier alpha value is -3.23. The zero-order chi connectivity index (χ0) is 22.6. The van der Waals surface area contributed by atoms with Gasteiger partial charge in [0.25, 0.3) is 15.9 Å². The molecule has 0 saturated carbocycles. The lowest BCUT2D eigenvalue weighted by atomic mass is 10.2. The summed E-state index contributed by atoms with van der Waals surface area (Å²) >= 11 is 5.99. The van der Waals surface area contributed by atoms with Crippen molar-refractivity contribution in [3.8, 4) is 11.5 Å². The smallest absolute Gasteiger partial charge is 0.264 e. The molecule has 0 spiro atoms. The average Bonchev–Trinajstić information content (AvgIpc) is 2.78. The molecule has 0 aromatic heterocycles. The number of sulfonamides is 1. The van der Waals surface area contributed by atoms with Crippen LogP contribution in [-0.2, 0) is 10.0 Å². The highest BCUT2D eigenvalue weighted by atomic mass is 35.5. The number of ether oxygens (including phenoxy) is 2. The van der Waals surface area contributed by atoms with Gasteiger partial charge in [0.2, 0.25) is 0 Å². The summed E-state index contributed by atoms with van der Waals surface area (Å²) < 4.78 is 37.7. The van der Waals surface area contributed by atoms with Crippen LogP contribution in [-0.4, -0.2) is 35.6 Å². The second-order valence-corrected chi connectivity index (χ2v) is 8.87. The van der Waals surface area contributed by atoms with Gasteiger partial charge < -0.3 is 14.8 Å². The number of benzene rings is 3. The van der Waals surface area contributed by atoms with Crippen LogP contribution in [0.15, 0.2) is 71.6 Å². The molecule has 0 fully saturated rings. The molecule has 162 valence electrons. The molecule has 3 aromatic rings. The minimum absolute atomic E-state index is 0.0396. The third-order valence-corrected chi connectivity index (χ3v) is 6.63. The molecule has 3 aromatic carbocycles. The zero-order valence-electron chi connectivity index (χ0n) is 17.1. The van der Waals surface area contributed by atoms with E-state index in [-0.39, 0.29) is 10.5 Å². The summed E-state index contributed by atoms with van der Waals surface area (Å²) in [6.07, 6.45) is 0. The number of nitrogens with zero attached hydrogens (tertiary/aromatic N) is 1. The molecule has 0 aliphatic rings. The van der Waals surface area contributed by atoms with Gasteiger partial charge in [-0.15, -0.1) is 0 Å². The average molecular weight is 461 g/mol. The number of rotatable bonds is 7. The first-order valence-corrected chi connectivity index (χ1v) is 11.0. The first-order valence-electron chi connectivity index (χ1n) is 9.15. The van der Waals surface area contributed by atoms with Gasteiger partial charge in [-0.1, -0.05) is 23.7 Å². The molecule has 1 amide bonds.